The summed E-state index contributed by atoms with van der Waals surface area (Å²) < 4.78 is 0. The van der Waals surface area contributed by atoms with Gasteiger partial charge in [-0.2, -0.15) is 0 Å². The zero-order chi connectivity index (χ0) is 16.5. The minimum atomic E-state index is -0.434. The van der Waals surface area contributed by atoms with E-state index >= 15 is 0 Å². The summed E-state index contributed by atoms with van der Waals surface area (Å²) in [6, 6.07) is 10.3. The van der Waals surface area contributed by atoms with E-state index in [2.05, 4.69) is 35.0 Å². The number of para-hydroxylation sites is 1. The van der Waals surface area contributed by atoms with Crippen molar-refractivity contribution in [3.05, 3.63) is 54.2 Å². The number of pyridine rings is 1. The van der Waals surface area contributed by atoms with E-state index in [4.69, 9.17) is 0 Å². The summed E-state index contributed by atoms with van der Waals surface area (Å²) >= 11 is 0. The maximum absolute atomic E-state index is 11.1. The van der Waals surface area contributed by atoms with E-state index in [1.807, 2.05) is 30.5 Å². The molecule has 4 heterocycles. The number of hydrogen-bond acceptors (Lipinski definition) is 3. The summed E-state index contributed by atoms with van der Waals surface area (Å²) in [7, 11) is 0. The molecule has 3 saturated heterocycles. The van der Waals surface area contributed by atoms with E-state index in [9.17, 15) is 5.11 Å². The normalized spacial score (nSPS) is 30.9. The summed E-state index contributed by atoms with van der Waals surface area (Å²) in [6.45, 7) is 4.40. The molecule has 0 radical (unpaired) electrons. The molecule has 5 atom stereocenters. The van der Waals surface area contributed by atoms with Gasteiger partial charge in [0.05, 0.1) is 11.6 Å². The van der Waals surface area contributed by atoms with E-state index in [0.29, 0.717) is 11.8 Å². The lowest BCUT2D eigenvalue weighted by molar-refractivity contribution is -0.0446. The Morgan fingerprint density at radius 3 is 3.00 bits per heavy atom. The van der Waals surface area contributed by atoms with Gasteiger partial charge in [-0.1, -0.05) is 37.3 Å². The van der Waals surface area contributed by atoms with Crippen LogP contribution >= 0.6 is 0 Å². The maximum Gasteiger partial charge on any atom is 0.0952 e. The Morgan fingerprint density at radius 1 is 1.33 bits per heavy atom. The van der Waals surface area contributed by atoms with Crippen molar-refractivity contribution < 1.29 is 5.11 Å². The second kappa shape index (κ2) is 6.66. The molecule has 3 aliphatic rings. The molecule has 24 heavy (non-hydrogen) atoms. The predicted octanol–water partition coefficient (Wildman–Crippen LogP) is 3.94. The first kappa shape index (κ1) is 15.8. The van der Waals surface area contributed by atoms with Crippen LogP contribution in [0.3, 0.4) is 0 Å². The average molecular weight is 322 g/mol. The molecule has 1 unspecified atom stereocenters. The third kappa shape index (κ3) is 2.76. The molecule has 0 aliphatic carbocycles. The van der Waals surface area contributed by atoms with Crippen molar-refractivity contribution in [2.45, 2.75) is 38.3 Å². The van der Waals surface area contributed by atoms with Gasteiger partial charge in [-0.25, -0.2) is 0 Å². The van der Waals surface area contributed by atoms with Crippen LogP contribution in [0.1, 0.15) is 37.9 Å². The van der Waals surface area contributed by atoms with Gasteiger partial charge in [0.2, 0.25) is 0 Å². The zero-order valence-corrected chi connectivity index (χ0v) is 14.3. The molecule has 1 N–H and O–H groups in total. The second-order valence-corrected chi connectivity index (χ2v) is 7.21. The largest absolute Gasteiger partial charge is 0.387 e. The zero-order valence-electron chi connectivity index (χ0n) is 14.3. The van der Waals surface area contributed by atoms with Crippen LogP contribution in [0.25, 0.3) is 10.9 Å². The van der Waals surface area contributed by atoms with Crippen molar-refractivity contribution in [1.82, 2.24) is 9.88 Å². The molecule has 3 fully saturated rings. The maximum atomic E-state index is 11.1. The molecule has 2 bridgehead atoms. The molecule has 0 spiro atoms. The Balaban J connectivity index is 1.59. The Bertz CT molecular complexity index is 736. The summed E-state index contributed by atoms with van der Waals surface area (Å²) in [5.41, 5.74) is 1.99. The SMILES string of the molecule is CC/C=C\[C@H]1CN2CC[C@H]1C[C@@H]2[C@@H](O)c1ccnc2ccccc12. The van der Waals surface area contributed by atoms with E-state index in [0.717, 1.165) is 42.4 Å². The number of nitrogens with zero attached hydrogens (tertiary/aromatic N) is 2. The van der Waals surface area contributed by atoms with Crippen molar-refractivity contribution in [2.24, 2.45) is 11.8 Å². The van der Waals surface area contributed by atoms with Gasteiger partial charge < -0.3 is 5.11 Å². The van der Waals surface area contributed by atoms with Crippen LogP contribution in [0.4, 0.5) is 0 Å². The minimum Gasteiger partial charge on any atom is -0.387 e. The highest BCUT2D eigenvalue weighted by Crippen LogP contribution is 2.42. The third-order valence-corrected chi connectivity index (χ3v) is 5.84. The number of piperidine rings is 3. The number of fused-ring (bicyclic) bond motifs is 4. The second-order valence-electron chi connectivity index (χ2n) is 7.21. The highest BCUT2D eigenvalue weighted by Gasteiger charge is 2.42. The lowest BCUT2D eigenvalue weighted by atomic mass is 9.73. The molecule has 1 aromatic carbocycles. The molecule has 0 saturated carbocycles. The van der Waals surface area contributed by atoms with Crippen LogP contribution in [0.2, 0.25) is 0 Å². The van der Waals surface area contributed by atoms with Gasteiger partial charge in [-0.05, 0) is 55.3 Å². The summed E-state index contributed by atoms with van der Waals surface area (Å²) in [4.78, 5) is 6.93. The van der Waals surface area contributed by atoms with Gasteiger partial charge in [0, 0.05) is 24.2 Å². The third-order valence-electron chi connectivity index (χ3n) is 5.84. The number of rotatable bonds is 4. The topological polar surface area (TPSA) is 36.4 Å². The fourth-order valence-electron chi connectivity index (χ4n) is 4.55. The summed E-state index contributed by atoms with van der Waals surface area (Å²) in [5.74, 6) is 1.38. The molecular weight excluding hydrogens is 296 g/mol. The van der Waals surface area contributed by atoms with Gasteiger partial charge >= 0.3 is 0 Å². The van der Waals surface area contributed by atoms with Gasteiger partial charge in [-0.3, -0.25) is 9.88 Å². The number of aliphatic hydroxyl groups is 1. The number of aliphatic hydroxyl groups excluding tert-OH is 1. The Kier molecular flexibility index (Phi) is 4.38. The fraction of sp³-hybridized carbons (Fsp3) is 0.476. The Labute approximate surface area is 144 Å². The summed E-state index contributed by atoms with van der Waals surface area (Å²) in [6.07, 6.45) is 9.56. The molecule has 3 aliphatic heterocycles. The molecule has 2 aromatic rings. The molecule has 3 heteroatoms. The first-order valence-corrected chi connectivity index (χ1v) is 9.20. The first-order valence-electron chi connectivity index (χ1n) is 9.20. The quantitative estimate of drug-likeness (QED) is 0.866. The highest BCUT2D eigenvalue weighted by molar-refractivity contribution is 5.82. The number of allylic oxidation sites excluding steroid dienone is 1. The molecular formula is C21H26N2O. The lowest BCUT2D eigenvalue weighted by Gasteiger charge is -2.50. The van der Waals surface area contributed by atoms with E-state index in [-0.39, 0.29) is 6.04 Å². The van der Waals surface area contributed by atoms with Crippen molar-refractivity contribution in [3.8, 4) is 0 Å². The number of aromatic nitrogens is 1. The van der Waals surface area contributed by atoms with Crippen LogP contribution in [-0.2, 0) is 0 Å². The Morgan fingerprint density at radius 2 is 2.21 bits per heavy atom. The highest BCUT2D eigenvalue weighted by atomic mass is 16.3. The lowest BCUT2D eigenvalue weighted by Crippen LogP contribution is -2.54. The van der Waals surface area contributed by atoms with Gasteiger partial charge in [0.25, 0.3) is 0 Å². The predicted molar refractivity (Wildman–Crippen MR) is 97.7 cm³/mol. The van der Waals surface area contributed by atoms with E-state index in [1.165, 1.54) is 6.42 Å². The van der Waals surface area contributed by atoms with E-state index < -0.39 is 6.10 Å². The number of hydrogen-bond donors (Lipinski definition) is 1. The van der Waals surface area contributed by atoms with Crippen molar-refractivity contribution in [3.63, 3.8) is 0 Å². The van der Waals surface area contributed by atoms with Crippen molar-refractivity contribution in [1.29, 1.82) is 0 Å². The number of benzene rings is 1. The standard InChI is InChI=1S/C21H26N2O/c1-2-3-6-16-14-23-12-10-15(16)13-20(23)21(24)18-9-11-22-19-8-5-4-7-17(18)19/h3-9,11,15-16,20-21,24H,2,10,12-14H2,1H3/b6-3-/t15-,16-,20+,21-/m0/s1. The molecule has 126 valence electrons. The van der Waals surface area contributed by atoms with Crippen LogP contribution in [-0.4, -0.2) is 34.1 Å². The van der Waals surface area contributed by atoms with Crippen LogP contribution in [0.5, 0.6) is 0 Å². The average Bonchev–Trinajstić information content (AvgIpc) is 2.65. The van der Waals surface area contributed by atoms with Crippen LogP contribution in [0.15, 0.2) is 48.7 Å². The van der Waals surface area contributed by atoms with Crippen molar-refractivity contribution in [2.75, 3.05) is 13.1 Å². The monoisotopic (exact) mass is 322 g/mol. The van der Waals surface area contributed by atoms with Gasteiger partial charge in [-0.15, -0.1) is 0 Å². The van der Waals surface area contributed by atoms with Crippen LogP contribution < -0.4 is 0 Å². The molecule has 0 amide bonds. The fourth-order valence-corrected chi connectivity index (χ4v) is 4.55. The van der Waals surface area contributed by atoms with Crippen LogP contribution in [0, 0.1) is 11.8 Å². The smallest absolute Gasteiger partial charge is 0.0952 e. The molecule has 3 nitrogen and oxygen atoms in total. The Hall–Kier alpha value is -1.71. The first-order chi connectivity index (χ1) is 11.8. The molecule has 5 rings (SSSR count). The summed E-state index contributed by atoms with van der Waals surface area (Å²) in [5, 5.41) is 12.2. The van der Waals surface area contributed by atoms with Gasteiger partial charge in [0.15, 0.2) is 0 Å². The van der Waals surface area contributed by atoms with E-state index in [1.54, 1.807) is 0 Å². The van der Waals surface area contributed by atoms with Crippen molar-refractivity contribution >= 4 is 10.9 Å². The van der Waals surface area contributed by atoms with Gasteiger partial charge in [0.1, 0.15) is 0 Å². The minimum absolute atomic E-state index is 0.237. The molecule has 1 aromatic heterocycles.